The molecule has 0 aromatic carbocycles. The quantitative estimate of drug-likeness (QED) is 0.643. The maximum Gasteiger partial charge on any atom is 0.309 e. The van der Waals surface area contributed by atoms with Gasteiger partial charge in [0.2, 0.25) is 0 Å². The number of carboxylic acid groups (broad SMARTS) is 1. The second-order valence-electron chi connectivity index (χ2n) is 13.4. The lowest BCUT2D eigenvalue weighted by Gasteiger charge is -2.55. The van der Waals surface area contributed by atoms with E-state index in [1.807, 2.05) is 13.8 Å². The van der Waals surface area contributed by atoms with Crippen LogP contribution in [0.1, 0.15) is 97.3 Å². The van der Waals surface area contributed by atoms with Crippen molar-refractivity contribution in [2.24, 2.45) is 51.8 Å². The first-order chi connectivity index (χ1) is 13.6. The maximum absolute atomic E-state index is 12.6. The fourth-order valence-corrected chi connectivity index (χ4v) is 10.7. The first-order valence-electron chi connectivity index (χ1n) is 12.6. The Balaban J connectivity index is 1.38. The third-order valence-electron chi connectivity index (χ3n) is 11.6. The van der Waals surface area contributed by atoms with Crippen molar-refractivity contribution in [2.45, 2.75) is 103 Å². The lowest BCUT2D eigenvalue weighted by Crippen LogP contribution is -2.46. The molecular formula is C26H40O3. The molecule has 0 spiro atoms. The van der Waals surface area contributed by atoms with Crippen LogP contribution in [0.3, 0.4) is 0 Å². The van der Waals surface area contributed by atoms with Gasteiger partial charge in [-0.15, -0.1) is 0 Å². The van der Waals surface area contributed by atoms with Gasteiger partial charge in [-0.05, 0) is 131 Å². The molecule has 6 bridgehead atoms. The number of carboxylic acids is 1. The molecule has 6 aliphatic rings. The average molecular weight is 401 g/mol. The minimum atomic E-state index is -0.554. The van der Waals surface area contributed by atoms with Gasteiger partial charge in [0.05, 0.1) is 11.0 Å². The van der Waals surface area contributed by atoms with E-state index in [0.717, 1.165) is 42.9 Å². The minimum Gasteiger partial charge on any atom is -0.481 e. The van der Waals surface area contributed by atoms with Gasteiger partial charge in [-0.1, -0.05) is 12.8 Å². The van der Waals surface area contributed by atoms with Crippen LogP contribution in [0.5, 0.6) is 0 Å². The Morgan fingerprint density at radius 1 is 0.897 bits per heavy atom. The Bertz CT molecular complexity index is 720. The van der Waals surface area contributed by atoms with Crippen LogP contribution in [0.25, 0.3) is 0 Å². The van der Waals surface area contributed by atoms with E-state index < -0.39 is 17.0 Å². The molecule has 0 heterocycles. The summed E-state index contributed by atoms with van der Waals surface area (Å²) in [5, 5.41) is 21.2. The number of hydrogen-bond donors (Lipinski definition) is 2. The van der Waals surface area contributed by atoms with Crippen LogP contribution in [0.15, 0.2) is 0 Å². The molecule has 3 nitrogen and oxygen atoms in total. The van der Waals surface area contributed by atoms with Gasteiger partial charge in [0, 0.05) is 0 Å². The SMILES string of the molecule is CC(C)(O)C1CC2CC3CC(C45CC6CCCC(C(=O)O)(C4)C(C6)C5)(C2)CC3C1. The lowest BCUT2D eigenvalue weighted by molar-refractivity contribution is -0.152. The largest absolute Gasteiger partial charge is 0.481 e. The molecule has 0 saturated heterocycles. The molecule has 0 aromatic rings. The molecule has 2 N–H and O–H groups in total. The van der Waals surface area contributed by atoms with Gasteiger partial charge in [0.1, 0.15) is 0 Å². The predicted octanol–water partition coefficient (Wildman–Crippen LogP) is 5.65. The average Bonchev–Trinajstić information content (AvgIpc) is 2.90. The standard InChI is InChI=1S/C26H40O3/c1-23(2,29)20-8-17-6-18-12-24(11-17,13-19(18)9-20)25-10-16-4-3-5-26(15-25,22(27)28)21(7-16)14-25/h16-21,29H,3-15H2,1-2H3,(H,27,28). The number of carbonyl (C=O) groups is 1. The van der Waals surface area contributed by atoms with Gasteiger partial charge in [0.25, 0.3) is 0 Å². The highest BCUT2D eigenvalue weighted by molar-refractivity contribution is 5.76. The summed E-state index contributed by atoms with van der Waals surface area (Å²) in [5.41, 5.74) is -0.226. The van der Waals surface area contributed by atoms with Crippen LogP contribution in [0.4, 0.5) is 0 Å². The molecule has 3 heteroatoms. The van der Waals surface area contributed by atoms with Crippen molar-refractivity contribution in [1.82, 2.24) is 0 Å². The van der Waals surface area contributed by atoms with Crippen molar-refractivity contribution in [1.29, 1.82) is 0 Å². The van der Waals surface area contributed by atoms with Crippen LogP contribution in [-0.2, 0) is 4.79 Å². The monoisotopic (exact) mass is 400 g/mol. The van der Waals surface area contributed by atoms with Crippen molar-refractivity contribution in [3.8, 4) is 0 Å². The summed E-state index contributed by atoms with van der Waals surface area (Å²) in [6.07, 6.45) is 15.9. The van der Waals surface area contributed by atoms with E-state index >= 15 is 0 Å². The molecule has 6 saturated carbocycles. The van der Waals surface area contributed by atoms with E-state index in [9.17, 15) is 15.0 Å². The Morgan fingerprint density at radius 3 is 2.34 bits per heavy atom. The summed E-state index contributed by atoms with van der Waals surface area (Å²) >= 11 is 0. The highest BCUT2D eigenvalue weighted by Crippen LogP contribution is 2.78. The maximum atomic E-state index is 12.6. The first kappa shape index (κ1) is 19.1. The third kappa shape index (κ3) is 2.49. The van der Waals surface area contributed by atoms with Crippen molar-refractivity contribution in [3.05, 3.63) is 0 Å². The molecule has 162 valence electrons. The molecule has 0 aliphatic heterocycles. The zero-order valence-corrected chi connectivity index (χ0v) is 18.5. The van der Waals surface area contributed by atoms with Gasteiger partial charge in [-0.3, -0.25) is 4.79 Å². The number of aliphatic hydroxyl groups is 1. The highest BCUT2D eigenvalue weighted by Gasteiger charge is 2.71. The lowest BCUT2D eigenvalue weighted by atomic mass is 9.50. The Labute approximate surface area is 176 Å². The fourth-order valence-electron chi connectivity index (χ4n) is 10.7. The molecular weight excluding hydrogens is 360 g/mol. The molecule has 6 fully saturated rings. The molecule has 0 radical (unpaired) electrons. The highest BCUT2D eigenvalue weighted by atomic mass is 16.4. The second kappa shape index (κ2) is 5.81. The van der Waals surface area contributed by atoms with Gasteiger partial charge in [0.15, 0.2) is 0 Å². The first-order valence-corrected chi connectivity index (χ1v) is 12.6. The van der Waals surface area contributed by atoms with E-state index in [2.05, 4.69) is 0 Å². The third-order valence-corrected chi connectivity index (χ3v) is 11.6. The molecule has 9 atom stereocenters. The molecule has 6 aliphatic carbocycles. The van der Waals surface area contributed by atoms with E-state index in [1.54, 1.807) is 0 Å². The van der Waals surface area contributed by atoms with Gasteiger partial charge in [-0.2, -0.15) is 0 Å². The predicted molar refractivity (Wildman–Crippen MR) is 112 cm³/mol. The summed E-state index contributed by atoms with van der Waals surface area (Å²) < 4.78 is 0. The van der Waals surface area contributed by atoms with Crippen molar-refractivity contribution >= 4 is 5.97 Å². The van der Waals surface area contributed by atoms with Crippen molar-refractivity contribution in [2.75, 3.05) is 0 Å². The molecule has 0 aromatic heterocycles. The number of fused-ring (bicyclic) bond motifs is 5. The van der Waals surface area contributed by atoms with Crippen LogP contribution in [-0.4, -0.2) is 21.8 Å². The Hall–Kier alpha value is -0.570. The topological polar surface area (TPSA) is 57.5 Å². The smallest absolute Gasteiger partial charge is 0.309 e. The molecule has 0 amide bonds. The van der Waals surface area contributed by atoms with Crippen molar-refractivity contribution in [3.63, 3.8) is 0 Å². The summed E-state index contributed by atoms with van der Waals surface area (Å²) in [7, 11) is 0. The summed E-state index contributed by atoms with van der Waals surface area (Å²) in [4.78, 5) is 12.6. The Kier molecular flexibility index (Phi) is 3.83. The van der Waals surface area contributed by atoms with Crippen LogP contribution in [0, 0.1) is 51.8 Å². The van der Waals surface area contributed by atoms with E-state index in [4.69, 9.17) is 0 Å². The number of aliphatic carboxylic acids is 1. The molecule has 6 rings (SSSR count). The van der Waals surface area contributed by atoms with Gasteiger partial charge >= 0.3 is 5.97 Å². The Morgan fingerprint density at radius 2 is 1.62 bits per heavy atom. The summed E-state index contributed by atoms with van der Waals surface area (Å²) in [6.45, 7) is 4.05. The zero-order valence-electron chi connectivity index (χ0n) is 18.5. The van der Waals surface area contributed by atoms with E-state index in [1.165, 1.54) is 64.2 Å². The van der Waals surface area contributed by atoms with Crippen molar-refractivity contribution < 1.29 is 15.0 Å². The second-order valence-corrected chi connectivity index (χ2v) is 13.4. The van der Waals surface area contributed by atoms with Gasteiger partial charge < -0.3 is 10.2 Å². The van der Waals surface area contributed by atoms with Gasteiger partial charge in [-0.25, -0.2) is 0 Å². The fraction of sp³-hybridized carbons (Fsp3) is 0.962. The molecule has 29 heavy (non-hydrogen) atoms. The van der Waals surface area contributed by atoms with Crippen LogP contribution >= 0.6 is 0 Å². The minimum absolute atomic E-state index is 0.312. The van der Waals surface area contributed by atoms with E-state index in [0.29, 0.717) is 22.7 Å². The summed E-state index contributed by atoms with van der Waals surface area (Å²) in [5.74, 6) is 3.59. The summed E-state index contributed by atoms with van der Waals surface area (Å²) in [6, 6.07) is 0. The van der Waals surface area contributed by atoms with Crippen LogP contribution < -0.4 is 0 Å². The number of hydrogen-bond acceptors (Lipinski definition) is 2. The number of rotatable bonds is 3. The normalized spacial score (nSPS) is 55.7. The zero-order chi connectivity index (χ0) is 20.2. The van der Waals surface area contributed by atoms with Crippen LogP contribution in [0.2, 0.25) is 0 Å². The van der Waals surface area contributed by atoms with E-state index in [-0.39, 0.29) is 0 Å². The molecule has 9 unspecified atom stereocenters.